The largest absolute Gasteiger partial charge is 0.326 e. The topological polar surface area (TPSA) is 38.9 Å². The minimum absolute atomic E-state index is 0.536. The molecule has 1 aromatic heterocycles. The van der Waals surface area contributed by atoms with Gasteiger partial charge in [-0.2, -0.15) is 0 Å². The van der Waals surface area contributed by atoms with Crippen LogP contribution >= 0.6 is 11.3 Å². The lowest BCUT2D eigenvalue weighted by Gasteiger charge is -2.04. The van der Waals surface area contributed by atoms with E-state index < -0.39 is 0 Å². The molecule has 21 heavy (non-hydrogen) atoms. The molecule has 0 saturated carbocycles. The number of thiazole rings is 1. The zero-order chi connectivity index (χ0) is 14.8. The van der Waals surface area contributed by atoms with Crippen LogP contribution in [0.25, 0.3) is 21.8 Å². The molecule has 0 spiro atoms. The van der Waals surface area contributed by atoms with Crippen molar-refractivity contribution >= 4 is 11.3 Å². The van der Waals surface area contributed by atoms with Crippen molar-refractivity contribution in [3.05, 3.63) is 64.5 Å². The fraction of sp³-hybridized carbons (Fsp3) is 0.167. The summed E-state index contributed by atoms with van der Waals surface area (Å²) in [7, 11) is 0. The number of rotatable bonds is 3. The van der Waals surface area contributed by atoms with Gasteiger partial charge in [-0.3, -0.25) is 0 Å². The number of aromatic nitrogens is 1. The zero-order valence-electron chi connectivity index (χ0n) is 12.3. The van der Waals surface area contributed by atoms with E-state index in [2.05, 4.69) is 49.6 Å². The van der Waals surface area contributed by atoms with E-state index in [0.29, 0.717) is 6.54 Å². The number of hydrogen-bond acceptors (Lipinski definition) is 3. The van der Waals surface area contributed by atoms with Crippen LogP contribution < -0.4 is 5.73 Å². The predicted molar refractivity (Wildman–Crippen MR) is 90.4 cm³/mol. The Morgan fingerprint density at radius 1 is 1.05 bits per heavy atom. The molecule has 0 fully saturated rings. The van der Waals surface area contributed by atoms with Crippen molar-refractivity contribution < 1.29 is 0 Å². The van der Waals surface area contributed by atoms with Crippen LogP contribution in [-0.4, -0.2) is 4.98 Å². The van der Waals surface area contributed by atoms with Crippen LogP contribution in [-0.2, 0) is 6.54 Å². The summed E-state index contributed by atoms with van der Waals surface area (Å²) < 4.78 is 0. The van der Waals surface area contributed by atoms with Crippen molar-refractivity contribution in [1.82, 2.24) is 4.98 Å². The van der Waals surface area contributed by atoms with Crippen molar-refractivity contribution in [3.8, 4) is 21.8 Å². The third kappa shape index (κ3) is 2.75. The van der Waals surface area contributed by atoms with E-state index in [9.17, 15) is 0 Å². The number of nitrogens with zero attached hydrogens (tertiary/aromatic N) is 1. The van der Waals surface area contributed by atoms with Gasteiger partial charge >= 0.3 is 0 Å². The third-order valence-electron chi connectivity index (χ3n) is 3.77. The highest BCUT2D eigenvalue weighted by Gasteiger charge is 2.10. The van der Waals surface area contributed by atoms with Crippen molar-refractivity contribution in [2.24, 2.45) is 5.73 Å². The average Bonchev–Trinajstić information content (AvgIpc) is 2.99. The van der Waals surface area contributed by atoms with E-state index in [1.165, 1.54) is 16.7 Å². The summed E-state index contributed by atoms with van der Waals surface area (Å²) in [6, 6.07) is 14.7. The van der Waals surface area contributed by atoms with Crippen molar-refractivity contribution in [2.45, 2.75) is 20.4 Å². The van der Waals surface area contributed by atoms with Gasteiger partial charge in [-0.15, -0.1) is 11.3 Å². The summed E-state index contributed by atoms with van der Waals surface area (Å²) in [5, 5.41) is 3.15. The Morgan fingerprint density at radius 2 is 1.86 bits per heavy atom. The predicted octanol–water partition coefficient (Wildman–Crippen LogP) is 4.55. The van der Waals surface area contributed by atoms with Gasteiger partial charge in [-0.25, -0.2) is 4.98 Å². The molecule has 0 atom stereocenters. The number of nitrogens with two attached hydrogens (primary N) is 1. The van der Waals surface area contributed by atoms with Crippen molar-refractivity contribution in [1.29, 1.82) is 0 Å². The molecule has 0 bridgehead atoms. The maximum Gasteiger partial charge on any atom is 0.124 e. The third-order valence-corrected chi connectivity index (χ3v) is 4.65. The molecule has 3 rings (SSSR count). The number of hydrogen-bond donors (Lipinski definition) is 1. The molecule has 2 aromatic carbocycles. The summed E-state index contributed by atoms with van der Waals surface area (Å²) >= 11 is 1.67. The Balaban J connectivity index is 2.01. The van der Waals surface area contributed by atoms with Crippen LogP contribution in [0.4, 0.5) is 0 Å². The van der Waals surface area contributed by atoms with E-state index >= 15 is 0 Å². The lowest BCUT2D eigenvalue weighted by molar-refractivity contribution is 1.07. The quantitative estimate of drug-likeness (QED) is 0.769. The Kier molecular flexibility index (Phi) is 3.86. The van der Waals surface area contributed by atoms with Crippen LogP contribution in [0.1, 0.15) is 16.7 Å². The van der Waals surface area contributed by atoms with Gasteiger partial charge < -0.3 is 5.73 Å². The number of benzene rings is 2. The molecule has 0 radical (unpaired) electrons. The lowest BCUT2D eigenvalue weighted by Crippen LogP contribution is -1.98. The summed E-state index contributed by atoms with van der Waals surface area (Å²) in [5.41, 5.74) is 12.9. The van der Waals surface area contributed by atoms with Gasteiger partial charge in [0.1, 0.15) is 5.01 Å². The SMILES string of the molecule is Cc1ccc(-c2csc(-c3ccccc3CN)n2)cc1C. The average molecular weight is 294 g/mol. The van der Waals surface area contributed by atoms with E-state index in [4.69, 9.17) is 10.7 Å². The molecular formula is C18H18N2S. The second kappa shape index (κ2) is 5.80. The molecule has 106 valence electrons. The Hall–Kier alpha value is -1.97. The number of aryl methyl sites for hydroxylation is 2. The summed E-state index contributed by atoms with van der Waals surface area (Å²) in [6.07, 6.45) is 0. The van der Waals surface area contributed by atoms with Gasteiger partial charge in [0.2, 0.25) is 0 Å². The Bertz CT molecular complexity index is 774. The first kappa shape index (κ1) is 14.0. The highest BCUT2D eigenvalue weighted by atomic mass is 32.1. The summed E-state index contributed by atoms with van der Waals surface area (Å²) in [5.74, 6) is 0. The fourth-order valence-corrected chi connectivity index (χ4v) is 3.23. The lowest BCUT2D eigenvalue weighted by atomic mass is 10.0. The van der Waals surface area contributed by atoms with Crippen LogP contribution in [0.2, 0.25) is 0 Å². The van der Waals surface area contributed by atoms with Gasteiger partial charge in [0.05, 0.1) is 5.69 Å². The summed E-state index contributed by atoms with van der Waals surface area (Å²) in [4.78, 5) is 4.79. The molecule has 0 aliphatic heterocycles. The van der Waals surface area contributed by atoms with Crippen molar-refractivity contribution in [3.63, 3.8) is 0 Å². The smallest absolute Gasteiger partial charge is 0.124 e. The zero-order valence-corrected chi connectivity index (χ0v) is 13.1. The molecule has 0 aliphatic carbocycles. The highest BCUT2D eigenvalue weighted by molar-refractivity contribution is 7.13. The Morgan fingerprint density at radius 3 is 2.62 bits per heavy atom. The van der Waals surface area contributed by atoms with Crippen molar-refractivity contribution in [2.75, 3.05) is 0 Å². The molecule has 0 aliphatic rings. The molecule has 2 nitrogen and oxygen atoms in total. The first-order valence-corrected chi connectivity index (χ1v) is 7.88. The maximum atomic E-state index is 5.82. The second-order valence-electron chi connectivity index (χ2n) is 5.20. The minimum Gasteiger partial charge on any atom is -0.326 e. The second-order valence-corrected chi connectivity index (χ2v) is 6.06. The normalized spacial score (nSPS) is 10.8. The van der Waals surface area contributed by atoms with E-state index in [-0.39, 0.29) is 0 Å². The van der Waals surface area contributed by atoms with Crippen LogP contribution in [0, 0.1) is 13.8 Å². The van der Waals surface area contributed by atoms with E-state index in [1.807, 2.05) is 12.1 Å². The monoisotopic (exact) mass is 294 g/mol. The molecule has 0 unspecified atom stereocenters. The molecule has 3 heteroatoms. The fourth-order valence-electron chi connectivity index (χ4n) is 2.34. The Labute approximate surface area is 129 Å². The first-order valence-electron chi connectivity index (χ1n) is 7.00. The van der Waals surface area contributed by atoms with E-state index in [1.54, 1.807) is 11.3 Å². The first-order chi connectivity index (χ1) is 10.2. The van der Waals surface area contributed by atoms with Crippen LogP contribution in [0.3, 0.4) is 0 Å². The van der Waals surface area contributed by atoms with Crippen LogP contribution in [0.5, 0.6) is 0 Å². The van der Waals surface area contributed by atoms with E-state index in [0.717, 1.165) is 21.8 Å². The molecule has 1 heterocycles. The summed E-state index contributed by atoms with van der Waals surface area (Å²) in [6.45, 7) is 4.80. The highest BCUT2D eigenvalue weighted by Crippen LogP contribution is 2.31. The molecule has 0 amide bonds. The van der Waals surface area contributed by atoms with Gasteiger partial charge in [-0.05, 0) is 36.6 Å². The minimum atomic E-state index is 0.536. The van der Waals surface area contributed by atoms with Gasteiger partial charge in [0, 0.05) is 23.1 Å². The maximum absolute atomic E-state index is 5.82. The standard InChI is InChI=1S/C18H18N2S/c1-12-7-8-14(9-13(12)2)17-11-21-18(20-17)16-6-4-3-5-15(16)10-19/h3-9,11H,10,19H2,1-2H3. The van der Waals surface area contributed by atoms with Crippen LogP contribution in [0.15, 0.2) is 47.8 Å². The molecular weight excluding hydrogens is 276 g/mol. The van der Waals surface area contributed by atoms with Gasteiger partial charge in [-0.1, -0.05) is 36.4 Å². The molecule has 2 N–H and O–H groups in total. The molecule has 0 saturated heterocycles. The van der Waals surface area contributed by atoms with Gasteiger partial charge in [0.25, 0.3) is 0 Å². The van der Waals surface area contributed by atoms with Gasteiger partial charge in [0.15, 0.2) is 0 Å². The molecule has 3 aromatic rings.